The van der Waals surface area contributed by atoms with Gasteiger partial charge >= 0.3 is 5.97 Å². The first-order valence-electron chi connectivity index (χ1n) is 12.8. The second-order valence-electron chi connectivity index (χ2n) is 9.53. The minimum atomic E-state index is -0.665. The van der Waals surface area contributed by atoms with Gasteiger partial charge < -0.3 is 14.2 Å². The number of esters is 1. The maximum absolute atomic E-state index is 11.5. The van der Waals surface area contributed by atoms with E-state index < -0.39 is 5.79 Å². The first-order valence-corrected chi connectivity index (χ1v) is 12.8. The first-order chi connectivity index (χ1) is 16.4. The van der Waals surface area contributed by atoms with E-state index >= 15 is 0 Å². The standard InChI is InChI=1S/C28H40N2O4/c1-5-6-7-8-9-10-14-23-24(30-22-16-12-11-15-21(22)29-23)19-20-26-25(33-28(2,3)34-26)17-13-18-27(31)32-4/h11-12,15-16,19-20,25-26H,5-10,13-14,17-18H2,1-4H3/b20-19+. The number of unbranched alkanes of at least 4 members (excludes halogenated alkanes) is 5. The fourth-order valence-corrected chi connectivity index (χ4v) is 4.43. The summed E-state index contributed by atoms with van der Waals surface area (Å²) in [5, 5.41) is 0. The smallest absolute Gasteiger partial charge is 0.305 e. The first kappa shape index (κ1) is 26.3. The summed E-state index contributed by atoms with van der Waals surface area (Å²) >= 11 is 0. The van der Waals surface area contributed by atoms with Crippen LogP contribution in [0.4, 0.5) is 0 Å². The maximum atomic E-state index is 11.5. The molecule has 34 heavy (non-hydrogen) atoms. The number of benzene rings is 1. The number of para-hydroxylation sites is 2. The van der Waals surface area contributed by atoms with Gasteiger partial charge in [-0.15, -0.1) is 0 Å². The maximum Gasteiger partial charge on any atom is 0.305 e. The normalized spacial score (nSPS) is 19.8. The Morgan fingerprint density at radius 3 is 2.47 bits per heavy atom. The number of hydrogen-bond donors (Lipinski definition) is 0. The number of nitrogens with zero attached hydrogens (tertiary/aromatic N) is 2. The molecule has 6 heteroatoms. The SMILES string of the molecule is CCCCCCCCc1nc2ccccc2nc1/C=C/C1OC(C)(C)OC1CCCC(=O)OC. The molecule has 2 heterocycles. The zero-order valence-corrected chi connectivity index (χ0v) is 21.2. The van der Waals surface area contributed by atoms with Crippen molar-refractivity contribution in [1.29, 1.82) is 0 Å². The van der Waals surface area contributed by atoms with E-state index in [1.807, 2.05) is 50.3 Å². The van der Waals surface area contributed by atoms with Gasteiger partial charge in [-0.1, -0.05) is 57.2 Å². The lowest BCUT2D eigenvalue weighted by molar-refractivity contribution is -0.144. The van der Waals surface area contributed by atoms with Crippen molar-refractivity contribution >= 4 is 23.1 Å². The van der Waals surface area contributed by atoms with Crippen LogP contribution in [0.2, 0.25) is 0 Å². The topological polar surface area (TPSA) is 70.5 Å². The molecule has 0 bridgehead atoms. The van der Waals surface area contributed by atoms with Crippen molar-refractivity contribution in [3.05, 3.63) is 41.7 Å². The lowest BCUT2D eigenvalue weighted by Crippen LogP contribution is -2.21. The molecule has 6 nitrogen and oxygen atoms in total. The van der Waals surface area contributed by atoms with Crippen molar-refractivity contribution in [2.45, 2.75) is 103 Å². The van der Waals surface area contributed by atoms with Crippen molar-refractivity contribution in [3.8, 4) is 0 Å². The highest BCUT2D eigenvalue weighted by atomic mass is 16.7. The highest BCUT2D eigenvalue weighted by molar-refractivity contribution is 5.75. The third-order valence-electron chi connectivity index (χ3n) is 6.20. The van der Waals surface area contributed by atoms with E-state index in [0.29, 0.717) is 12.8 Å². The Morgan fingerprint density at radius 1 is 1.03 bits per heavy atom. The van der Waals surface area contributed by atoms with Crippen LogP contribution in [0, 0.1) is 0 Å². The molecule has 1 fully saturated rings. The van der Waals surface area contributed by atoms with Crippen LogP contribution in [-0.4, -0.2) is 41.0 Å². The quantitative estimate of drug-likeness (QED) is 0.250. The molecule has 0 aliphatic carbocycles. The van der Waals surface area contributed by atoms with Crippen molar-refractivity contribution < 1.29 is 19.0 Å². The predicted molar refractivity (Wildman–Crippen MR) is 135 cm³/mol. The van der Waals surface area contributed by atoms with Gasteiger partial charge in [0.05, 0.1) is 35.6 Å². The number of ether oxygens (including phenoxy) is 3. The molecular formula is C28H40N2O4. The number of hydrogen-bond acceptors (Lipinski definition) is 6. The molecule has 3 rings (SSSR count). The summed E-state index contributed by atoms with van der Waals surface area (Å²) in [4.78, 5) is 21.3. The molecule has 0 N–H and O–H groups in total. The van der Waals surface area contributed by atoms with Crippen molar-refractivity contribution in [2.24, 2.45) is 0 Å². The summed E-state index contributed by atoms with van der Waals surface area (Å²) < 4.78 is 17.0. The molecule has 1 aliphatic rings. The zero-order chi connectivity index (χ0) is 24.4. The predicted octanol–water partition coefficient (Wildman–Crippen LogP) is 6.41. The number of aromatic nitrogens is 2. The molecule has 0 saturated carbocycles. The van der Waals surface area contributed by atoms with Crippen LogP contribution >= 0.6 is 0 Å². The minimum absolute atomic E-state index is 0.119. The number of fused-ring (bicyclic) bond motifs is 1. The van der Waals surface area contributed by atoms with Crippen LogP contribution in [-0.2, 0) is 25.4 Å². The van der Waals surface area contributed by atoms with E-state index in [2.05, 4.69) is 6.92 Å². The average molecular weight is 469 g/mol. The monoisotopic (exact) mass is 468 g/mol. The lowest BCUT2D eigenvalue weighted by atomic mass is 10.0. The molecule has 0 amide bonds. The van der Waals surface area contributed by atoms with Crippen LogP contribution < -0.4 is 0 Å². The Hall–Kier alpha value is -2.31. The van der Waals surface area contributed by atoms with Crippen LogP contribution in [0.5, 0.6) is 0 Å². The number of aryl methyl sites for hydroxylation is 1. The van der Waals surface area contributed by atoms with E-state index in [1.54, 1.807) is 0 Å². The molecule has 186 valence electrons. The summed E-state index contributed by atoms with van der Waals surface area (Å²) in [5.74, 6) is -0.863. The van der Waals surface area contributed by atoms with Gasteiger partial charge in [-0.25, -0.2) is 9.97 Å². The molecule has 1 saturated heterocycles. The Bertz CT molecular complexity index is 957. The molecule has 0 spiro atoms. The third kappa shape index (κ3) is 7.88. The minimum Gasteiger partial charge on any atom is -0.469 e. The Kier molecular flexibility index (Phi) is 10.0. The molecule has 2 unspecified atom stereocenters. The summed E-state index contributed by atoms with van der Waals surface area (Å²) in [6, 6.07) is 8.02. The fraction of sp³-hybridized carbons (Fsp3) is 0.607. The highest BCUT2D eigenvalue weighted by Gasteiger charge is 2.39. The molecular weight excluding hydrogens is 428 g/mol. The molecule has 1 aliphatic heterocycles. The Morgan fingerprint density at radius 2 is 1.74 bits per heavy atom. The summed E-state index contributed by atoms with van der Waals surface area (Å²) in [6.45, 7) is 6.09. The molecule has 2 aromatic rings. The van der Waals surface area contributed by atoms with Gasteiger partial charge in [0.1, 0.15) is 6.10 Å². The number of rotatable bonds is 13. The zero-order valence-electron chi connectivity index (χ0n) is 21.2. The van der Waals surface area contributed by atoms with Crippen molar-refractivity contribution in [1.82, 2.24) is 9.97 Å². The van der Waals surface area contributed by atoms with Crippen molar-refractivity contribution in [2.75, 3.05) is 7.11 Å². The molecule has 2 atom stereocenters. The largest absolute Gasteiger partial charge is 0.469 e. The summed E-state index contributed by atoms with van der Waals surface area (Å²) in [5.41, 5.74) is 3.76. The summed E-state index contributed by atoms with van der Waals surface area (Å²) in [6.07, 6.45) is 14.0. The van der Waals surface area contributed by atoms with E-state index in [0.717, 1.165) is 41.7 Å². The van der Waals surface area contributed by atoms with Crippen LogP contribution in [0.1, 0.15) is 89.9 Å². The van der Waals surface area contributed by atoms with E-state index in [-0.39, 0.29) is 18.2 Å². The van der Waals surface area contributed by atoms with Gasteiger partial charge in [-0.2, -0.15) is 0 Å². The molecule has 1 aromatic carbocycles. The third-order valence-corrected chi connectivity index (χ3v) is 6.20. The van der Waals surface area contributed by atoms with Crippen molar-refractivity contribution in [3.63, 3.8) is 0 Å². The van der Waals surface area contributed by atoms with Gasteiger partial charge in [-0.3, -0.25) is 4.79 Å². The summed E-state index contributed by atoms with van der Waals surface area (Å²) in [7, 11) is 1.42. The van der Waals surface area contributed by atoms with Gasteiger partial charge in [0, 0.05) is 6.42 Å². The Labute approximate surface area is 204 Å². The van der Waals surface area contributed by atoms with E-state index in [9.17, 15) is 4.79 Å². The van der Waals surface area contributed by atoms with Crippen LogP contribution in [0.15, 0.2) is 30.3 Å². The highest BCUT2D eigenvalue weighted by Crippen LogP contribution is 2.32. The van der Waals surface area contributed by atoms with E-state index in [1.165, 1.54) is 39.2 Å². The van der Waals surface area contributed by atoms with Crippen LogP contribution in [0.3, 0.4) is 0 Å². The lowest BCUT2D eigenvalue weighted by Gasteiger charge is -2.16. The second-order valence-corrected chi connectivity index (χ2v) is 9.53. The number of carbonyl (C=O) groups excluding carboxylic acids is 1. The van der Waals surface area contributed by atoms with Gasteiger partial charge in [0.2, 0.25) is 0 Å². The van der Waals surface area contributed by atoms with Gasteiger partial charge in [0.25, 0.3) is 0 Å². The van der Waals surface area contributed by atoms with Crippen LogP contribution in [0.25, 0.3) is 17.1 Å². The number of carbonyl (C=O) groups is 1. The average Bonchev–Trinajstić information content (AvgIpc) is 3.12. The molecule has 1 aromatic heterocycles. The number of methoxy groups -OCH3 is 1. The Balaban J connectivity index is 1.72. The fourth-order valence-electron chi connectivity index (χ4n) is 4.43. The van der Waals surface area contributed by atoms with Gasteiger partial charge in [0.15, 0.2) is 5.79 Å². The van der Waals surface area contributed by atoms with Gasteiger partial charge in [-0.05, 0) is 57.7 Å². The van der Waals surface area contributed by atoms with E-state index in [4.69, 9.17) is 24.2 Å². The molecule has 0 radical (unpaired) electrons. The second kappa shape index (κ2) is 13.0.